The number of halogens is 3. The Morgan fingerprint density at radius 2 is 2.18 bits per heavy atom. The number of ether oxygens (including phenoxy) is 1. The molecule has 2 rings (SSSR count). The van der Waals surface area contributed by atoms with E-state index in [2.05, 4.69) is 0 Å². The molecule has 2 N–H and O–H groups in total. The summed E-state index contributed by atoms with van der Waals surface area (Å²) in [6, 6.07) is 4.37. The molecule has 3 nitrogen and oxygen atoms in total. The first-order valence-corrected chi connectivity index (χ1v) is 5.22. The number of benzene rings is 1. The SMILES string of the molecule is C[C@@H]1COc2cc(N)ccc2N1CC(F)(F)F. The molecule has 0 aromatic heterocycles. The maximum atomic E-state index is 12.5. The summed E-state index contributed by atoms with van der Waals surface area (Å²) in [5.74, 6) is 0.410. The maximum Gasteiger partial charge on any atom is 0.405 e. The highest BCUT2D eigenvalue weighted by Crippen LogP contribution is 2.36. The van der Waals surface area contributed by atoms with Gasteiger partial charge in [-0.2, -0.15) is 13.2 Å². The van der Waals surface area contributed by atoms with Crippen molar-refractivity contribution < 1.29 is 17.9 Å². The number of hydrogen-bond donors (Lipinski definition) is 1. The molecular formula is C11H13F3N2O. The molecule has 0 spiro atoms. The standard InChI is InChI=1S/C11H13F3N2O/c1-7-5-17-10-4-8(15)2-3-9(10)16(7)6-11(12,13)14/h2-4,7H,5-6,15H2,1H3/t7-/m1/s1. The Kier molecular flexibility index (Phi) is 2.81. The highest BCUT2D eigenvalue weighted by molar-refractivity contribution is 5.65. The molecule has 0 bridgehead atoms. The van der Waals surface area contributed by atoms with E-state index in [1.807, 2.05) is 0 Å². The first kappa shape index (κ1) is 11.9. The molecule has 1 atom stereocenters. The monoisotopic (exact) mass is 246 g/mol. The van der Waals surface area contributed by atoms with Crippen molar-refractivity contribution in [3.8, 4) is 5.75 Å². The Balaban J connectivity index is 2.33. The number of fused-ring (bicyclic) bond motifs is 1. The van der Waals surface area contributed by atoms with E-state index in [1.54, 1.807) is 25.1 Å². The summed E-state index contributed by atoms with van der Waals surface area (Å²) in [5.41, 5.74) is 6.49. The van der Waals surface area contributed by atoms with Gasteiger partial charge in [0, 0.05) is 11.8 Å². The minimum absolute atomic E-state index is 0.229. The number of nitrogens with zero attached hydrogens (tertiary/aromatic N) is 1. The minimum atomic E-state index is -4.23. The van der Waals surface area contributed by atoms with Gasteiger partial charge < -0.3 is 15.4 Å². The average molecular weight is 246 g/mol. The Morgan fingerprint density at radius 3 is 2.82 bits per heavy atom. The Morgan fingerprint density at radius 1 is 1.47 bits per heavy atom. The molecule has 94 valence electrons. The molecule has 1 heterocycles. The number of rotatable bonds is 1. The fraction of sp³-hybridized carbons (Fsp3) is 0.455. The largest absolute Gasteiger partial charge is 0.489 e. The third-order valence-electron chi connectivity index (χ3n) is 2.66. The minimum Gasteiger partial charge on any atom is -0.489 e. The average Bonchev–Trinajstić information content (AvgIpc) is 2.21. The zero-order valence-corrected chi connectivity index (χ0v) is 9.29. The van der Waals surface area contributed by atoms with Gasteiger partial charge in [-0.25, -0.2) is 0 Å². The smallest absolute Gasteiger partial charge is 0.405 e. The highest BCUT2D eigenvalue weighted by atomic mass is 19.4. The van der Waals surface area contributed by atoms with Gasteiger partial charge in [0.1, 0.15) is 18.9 Å². The Bertz CT molecular complexity index is 420. The lowest BCUT2D eigenvalue weighted by Gasteiger charge is -2.37. The number of anilines is 2. The molecule has 0 aliphatic carbocycles. The van der Waals surface area contributed by atoms with Crippen LogP contribution in [-0.2, 0) is 0 Å². The van der Waals surface area contributed by atoms with E-state index < -0.39 is 12.7 Å². The van der Waals surface area contributed by atoms with E-state index in [4.69, 9.17) is 10.5 Å². The molecule has 1 aliphatic heterocycles. The second kappa shape index (κ2) is 4.01. The van der Waals surface area contributed by atoms with Crippen LogP contribution in [0.2, 0.25) is 0 Å². The van der Waals surface area contributed by atoms with Crippen molar-refractivity contribution in [3.05, 3.63) is 18.2 Å². The number of nitrogen functional groups attached to an aromatic ring is 1. The third kappa shape index (κ3) is 2.57. The van der Waals surface area contributed by atoms with Crippen molar-refractivity contribution in [1.29, 1.82) is 0 Å². The molecule has 0 unspecified atom stereocenters. The highest BCUT2D eigenvalue weighted by Gasteiger charge is 2.35. The summed E-state index contributed by atoms with van der Waals surface area (Å²) in [6.07, 6.45) is -4.23. The zero-order chi connectivity index (χ0) is 12.6. The topological polar surface area (TPSA) is 38.5 Å². The van der Waals surface area contributed by atoms with E-state index in [-0.39, 0.29) is 12.6 Å². The fourth-order valence-corrected chi connectivity index (χ4v) is 1.86. The fourth-order valence-electron chi connectivity index (χ4n) is 1.86. The molecule has 1 aromatic carbocycles. The van der Waals surface area contributed by atoms with Crippen LogP contribution in [0.3, 0.4) is 0 Å². The Labute approximate surface area is 97.0 Å². The van der Waals surface area contributed by atoms with E-state index >= 15 is 0 Å². The van der Waals surface area contributed by atoms with E-state index in [9.17, 15) is 13.2 Å². The van der Waals surface area contributed by atoms with Crippen LogP contribution in [0.1, 0.15) is 6.92 Å². The van der Waals surface area contributed by atoms with E-state index in [0.717, 1.165) is 0 Å². The van der Waals surface area contributed by atoms with Crippen LogP contribution >= 0.6 is 0 Å². The van der Waals surface area contributed by atoms with Crippen LogP contribution in [-0.4, -0.2) is 25.4 Å². The quantitative estimate of drug-likeness (QED) is 0.773. The summed E-state index contributed by atoms with van der Waals surface area (Å²) >= 11 is 0. The van der Waals surface area contributed by atoms with Crippen LogP contribution < -0.4 is 15.4 Å². The summed E-state index contributed by atoms with van der Waals surface area (Å²) in [6.45, 7) is 0.950. The van der Waals surface area contributed by atoms with Crippen molar-refractivity contribution in [2.24, 2.45) is 0 Å². The van der Waals surface area contributed by atoms with Gasteiger partial charge in [0.15, 0.2) is 0 Å². The molecule has 17 heavy (non-hydrogen) atoms. The first-order chi connectivity index (χ1) is 7.87. The summed E-state index contributed by atoms with van der Waals surface area (Å²) in [5, 5.41) is 0. The molecule has 1 aliphatic rings. The van der Waals surface area contributed by atoms with Crippen molar-refractivity contribution in [2.45, 2.75) is 19.1 Å². The van der Waals surface area contributed by atoms with Gasteiger partial charge in [-0.15, -0.1) is 0 Å². The van der Waals surface area contributed by atoms with Gasteiger partial charge in [-0.05, 0) is 19.1 Å². The van der Waals surface area contributed by atoms with Gasteiger partial charge in [0.05, 0.1) is 11.7 Å². The third-order valence-corrected chi connectivity index (χ3v) is 2.66. The first-order valence-electron chi connectivity index (χ1n) is 5.22. The molecule has 0 amide bonds. The van der Waals surface area contributed by atoms with Crippen molar-refractivity contribution in [2.75, 3.05) is 23.8 Å². The van der Waals surface area contributed by atoms with Gasteiger partial charge >= 0.3 is 6.18 Å². The van der Waals surface area contributed by atoms with E-state index in [1.165, 1.54) is 4.90 Å². The normalized spacial score (nSPS) is 19.8. The van der Waals surface area contributed by atoms with Crippen molar-refractivity contribution in [3.63, 3.8) is 0 Å². The van der Waals surface area contributed by atoms with Crippen LogP contribution in [0.15, 0.2) is 18.2 Å². The lowest BCUT2D eigenvalue weighted by Crippen LogP contribution is -2.46. The summed E-state index contributed by atoms with van der Waals surface area (Å²) in [7, 11) is 0. The zero-order valence-electron chi connectivity index (χ0n) is 9.29. The molecular weight excluding hydrogens is 233 g/mol. The lowest BCUT2D eigenvalue weighted by molar-refractivity contribution is -0.121. The second-order valence-corrected chi connectivity index (χ2v) is 4.13. The van der Waals surface area contributed by atoms with Crippen LogP contribution in [0.25, 0.3) is 0 Å². The predicted molar refractivity (Wildman–Crippen MR) is 59.2 cm³/mol. The van der Waals surface area contributed by atoms with Gasteiger partial charge in [-0.3, -0.25) is 0 Å². The molecule has 0 saturated carbocycles. The van der Waals surface area contributed by atoms with Crippen molar-refractivity contribution >= 4 is 11.4 Å². The Hall–Kier alpha value is -1.59. The van der Waals surface area contributed by atoms with Crippen LogP contribution in [0, 0.1) is 0 Å². The summed E-state index contributed by atoms with van der Waals surface area (Å²) < 4.78 is 42.8. The number of alkyl halides is 3. The van der Waals surface area contributed by atoms with Crippen LogP contribution in [0.5, 0.6) is 5.75 Å². The summed E-state index contributed by atoms with van der Waals surface area (Å²) in [4.78, 5) is 1.29. The van der Waals surface area contributed by atoms with Crippen molar-refractivity contribution in [1.82, 2.24) is 0 Å². The maximum absolute atomic E-state index is 12.5. The molecule has 1 aromatic rings. The predicted octanol–water partition coefficient (Wildman–Crippen LogP) is 2.42. The molecule has 0 fully saturated rings. The lowest BCUT2D eigenvalue weighted by atomic mass is 10.1. The molecule has 6 heteroatoms. The van der Waals surface area contributed by atoms with Gasteiger partial charge in [0.2, 0.25) is 0 Å². The number of nitrogens with two attached hydrogens (primary N) is 1. The van der Waals surface area contributed by atoms with Gasteiger partial charge in [0.25, 0.3) is 0 Å². The van der Waals surface area contributed by atoms with E-state index in [0.29, 0.717) is 17.1 Å². The van der Waals surface area contributed by atoms with Gasteiger partial charge in [-0.1, -0.05) is 0 Å². The van der Waals surface area contributed by atoms with Crippen LogP contribution in [0.4, 0.5) is 24.5 Å². The second-order valence-electron chi connectivity index (χ2n) is 4.13. The molecule has 0 radical (unpaired) electrons. The molecule has 0 saturated heterocycles. The number of hydrogen-bond acceptors (Lipinski definition) is 3.